The molecule has 1 aromatic heterocycles. The van der Waals surface area contributed by atoms with Gasteiger partial charge in [0.15, 0.2) is 5.16 Å². The fourth-order valence-corrected chi connectivity index (χ4v) is 3.93. The van der Waals surface area contributed by atoms with Crippen molar-refractivity contribution in [1.82, 2.24) is 9.55 Å². The zero-order valence-corrected chi connectivity index (χ0v) is 15.8. The first kappa shape index (κ1) is 17.4. The highest BCUT2D eigenvalue weighted by atomic mass is 35.5. The minimum Gasteiger partial charge on any atom is -0.494 e. The molecule has 0 atom stereocenters. The number of thioether (sulfide) groups is 1. The summed E-state index contributed by atoms with van der Waals surface area (Å²) in [5.41, 5.74) is 0.854. The summed E-state index contributed by atoms with van der Waals surface area (Å²) < 4.78 is 7.60. The third kappa shape index (κ3) is 3.89. The zero-order chi connectivity index (χ0) is 17.9. The van der Waals surface area contributed by atoms with E-state index >= 15 is 0 Å². The summed E-state index contributed by atoms with van der Waals surface area (Å²) in [7, 11) is 0. The molecule has 0 N–H and O–H groups in total. The first-order valence-corrected chi connectivity index (χ1v) is 10.1. The zero-order valence-electron chi connectivity index (χ0n) is 14.2. The minimum absolute atomic E-state index is 0.0815. The Morgan fingerprint density at radius 3 is 2.69 bits per heavy atom. The summed E-state index contributed by atoms with van der Waals surface area (Å²) >= 11 is 7.50. The van der Waals surface area contributed by atoms with E-state index in [1.54, 1.807) is 11.8 Å². The van der Waals surface area contributed by atoms with Crippen LogP contribution in [0.4, 0.5) is 0 Å². The van der Waals surface area contributed by atoms with Crippen LogP contribution in [0.1, 0.15) is 25.3 Å². The van der Waals surface area contributed by atoms with Crippen LogP contribution in [0.25, 0.3) is 10.9 Å². The van der Waals surface area contributed by atoms with Crippen LogP contribution in [0.5, 0.6) is 5.75 Å². The van der Waals surface area contributed by atoms with Crippen molar-refractivity contribution >= 4 is 34.3 Å². The Kier molecular flexibility index (Phi) is 5.18. The van der Waals surface area contributed by atoms with Crippen molar-refractivity contribution in [3.05, 3.63) is 63.9 Å². The van der Waals surface area contributed by atoms with Crippen LogP contribution in [-0.4, -0.2) is 21.9 Å². The number of rotatable bonds is 7. The molecule has 0 spiro atoms. The van der Waals surface area contributed by atoms with Gasteiger partial charge in [-0.3, -0.25) is 9.36 Å². The molecule has 0 aliphatic heterocycles. The van der Waals surface area contributed by atoms with Crippen LogP contribution >= 0.6 is 23.4 Å². The first-order valence-electron chi connectivity index (χ1n) is 8.75. The number of aromatic nitrogens is 2. The number of hydrogen-bond acceptors (Lipinski definition) is 4. The lowest BCUT2D eigenvalue weighted by molar-refractivity contribution is 0.318. The van der Waals surface area contributed by atoms with Gasteiger partial charge in [0.2, 0.25) is 0 Å². The van der Waals surface area contributed by atoms with Crippen molar-refractivity contribution in [2.45, 2.75) is 30.5 Å². The minimum atomic E-state index is 0.0815. The largest absolute Gasteiger partial charge is 0.494 e. The maximum Gasteiger partial charge on any atom is 0.262 e. The van der Waals surface area contributed by atoms with Gasteiger partial charge in [0.05, 0.1) is 17.5 Å². The van der Waals surface area contributed by atoms with E-state index in [1.165, 1.54) is 0 Å². The van der Waals surface area contributed by atoms with E-state index in [-0.39, 0.29) is 5.56 Å². The van der Waals surface area contributed by atoms with Crippen LogP contribution in [0.3, 0.4) is 0 Å². The average Bonchev–Trinajstić information content (AvgIpc) is 3.48. The number of ether oxygens (including phenoxy) is 1. The van der Waals surface area contributed by atoms with Gasteiger partial charge in [-0.25, -0.2) is 4.98 Å². The van der Waals surface area contributed by atoms with Gasteiger partial charge >= 0.3 is 0 Å². The SMILES string of the molecule is O=c1c2ccccc2nc(SCCCOc2ccc(Cl)cc2)n1C1CC1. The average molecular weight is 387 g/mol. The molecule has 4 nitrogen and oxygen atoms in total. The van der Waals surface area contributed by atoms with Crippen LogP contribution in [0.15, 0.2) is 58.5 Å². The van der Waals surface area contributed by atoms with Crippen LogP contribution < -0.4 is 10.3 Å². The third-order valence-electron chi connectivity index (χ3n) is 4.29. The Balaban J connectivity index is 1.41. The summed E-state index contributed by atoms with van der Waals surface area (Å²) in [5.74, 6) is 1.67. The molecular formula is C20H19ClN2O2S. The molecule has 0 radical (unpaired) electrons. The maximum absolute atomic E-state index is 12.8. The first-order chi connectivity index (χ1) is 12.7. The smallest absolute Gasteiger partial charge is 0.262 e. The van der Waals surface area contributed by atoms with Crippen molar-refractivity contribution in [2.24, 2.45) is 0 Å². The number of nitrogens with zero attached hydrogens (tertiary/aromatic N) is 2. The number of benzene rings is 2. The molecule has 1 aliphatic rings. The molecule has 0 bridgehead atoms. The Morgan fingerprint density at radius 2 is 1.92 bits per heavy atom. The molecule has 0 unspecified atom stereocenters. The van der Waals surface area contributed by atoms with Crippen LogP contribution in [0, 0.1) is 0 Å². The van der Waals surface area contributed by atoms with Crippen LogP contribution in [0.2, 0.25) is 5.02 Å². The molecule has 1 fully saturated rings. The Labute approximate surface area is 161 Å². The fourth-order valence-electron chi connectivity index (χ4n) is 2.83. The summed E-state index contributed by atoms with van der Waals surface area (Å²) in [5, 5.41) is 2.23. The molecule has 0 amide bonds. The topological polar surface area (TPSA) is 44.1 Å². The highest BCUT2D eigenvalue weighted by molar-refractivity contribution is 7.99. The molecule has 6 heteroatoms. The molecule has 1 aliphatic carbocycles. The van der Waals surface area contributed by atoms with E-state index in [9.17, 15) is 4.79 Å². The van der Waals surface area contributed by atoms with E-state index in [0.29, 0.717) is 23.1 Å². The van der Waals surface area contributed by atoms with Gasteiger partial charge in [-0.05, 0) is 55.7 Å². The quantitative estimate of drug-likeness (QED) is 0.327. The van der Waals surface area contributed by atoms with Gasteiger partial charge < -0.3 is 4.74 Å². The van der Waals surface area contributed by atoms with Gasteiger partial charge in [-0.15, -0.1) is 0 Å². The lowest BCUT2D eigenvalue weighted by Gasteiger charge is -2.12. The number of hydrogen-bond donors (Lipinski definition) is 0. The maximum atomic E-state index is 12.8. The predicted octanol–water partition coefficient (Wildman–Crippen LogP) is 4.95. The second-order valence-corrected chi connectivity index (χ2v) is 7.82. The van der Waals surface area contributed by atoms with Gasteiger partial charge in [-0.1, -0.05) is 35.5 Å². The standard InChI is InChI=1S/C20H19ClN2O2S/c21-14-6-10-16(11-7-14)25-12-3-13-26-20-22-18-5-2-1-4-17(18)19(24)23(20)15-8-9-15/h1-2,4-7,10-11,15H,3,8-9,12-13H2. The third-order valence-corrected chi connectivity index (χ3v) is 5.58. The molecule has 134 valence electrons. The van der Waals surface area contributed by atoms with Gasteiger partial charge in [-0.2, -0.15) is 0 Å². The predicted molar refractivity (Wildman–Crippen MR) is 107 cm³/mol. The summed E-state index contributed by atoms with van der Waals surface area (Å²) in [4.78, 5) is 17.5. The fraction of sp³-hybridized carbons (Fsp3) is 0.300. The molecule has 1 heterocycles. The number of halogens is 1. The van der Waals surface area contributed by atoms with Crippen molar-refractivity contribution in [2.75, 3.05) is 12.4 Å². The molecule has 3 aromatic rings. The van der Waals surface area contributed by atoms with Gasteiger partial charge in [0, 0.05) is 16.8 Å². The van der Waals surface area contributed by atoms with Gasteiger partial charge in [0.25, 0.3) is 5.56 Å². The van der Waals surface area contributed by atoms with E-state index in [2.05, 4.69) is 0 Å². The van der Waals surface area contributed by atoms with Crippen molar-refractivity contribution in [1.29, 1.82) is 0 Å². The Morgan fingerprint density at radius 1 is 1.15 bits per heavy atom. The molecular weight excluding hydrogens is 368 g/mol. The number of para-hydroxylation sites is 1. The Bertz CT molecular complexity index is 968. The molecule has 2 aromatic carbocycles. The summed E-state index contributed by atoms with van der Waals surface area (Å²) in [6.45, 7) is 0.621. The molecule has 4 rings (SSSR count). The van der Waals surface area contributed by atoms with Crippen LogP contribution in [-0.2, 0) is 0 Å². The molecule has 26 heavy (non-hydrogen) atoms. The van der Waals surface area contributed by atoms with Gasteiger partial charge in [0.1, 0.15) is 5.75 Å². The van der Waals surface area contributed by atoms with E-state index < -0.39 is 0 Å². The lowest BCUT2D eigenvalue weighted by atomic mass is 10.2. The molecule has 1 saturated carbocycles. The summed E-state index contributed by atoms with van der Waals surface area (Å²) in [6, 6.07) is 15.3. The second kappa shape index (κ2) is 7.72. The second-order valence-electron chi connectivity index (χ2n) is 6.32. The Hall–Kier alpha value is -1.98. The van der Waals surface area contributed by atoms with E-state index in [0.717, 1.165) is 41.4 Å². The van der Waals surface area contributed by atoms with E-state index in [4.69, 9.17) is 21.3 Å². The monoisotopic (exact) mass is 386 g/mol. The number of fused-ring (bicyclic) bond motifs is 1. The van der Waals surface area contributed by atoms with Crippen molar-refractivity contribution < 1.29 is 4.74 Å². The highest BCUT2D eigenvalue weighted by Gasteiger charge is 2.28. The normalized spacial score (nSPS) is 13.9. The summed E-state index contributed by atoms with van der Waals surface area (Å²) in [6.07, 6.45) is 3.00. The molecule has 0 saturated heterocycles. The van der Waals surface area contributed by atoms with Crippen molar-refractivity contribution in [3.63, 3.8) is 0 Å². The highest BCUT2D eigenvalue weighted by Crippen LogP contribution is 2.36. The van der Waals surface area contributed by atoms with Crippen molar-refractivity contribution in [3.8, 4) is 5.75 Å². The lowest BCUT2D eigenvalue weighted by Crippen LogP contribution is -2.22. The van der Waals surface area contributed by atoms with E-state index in [1.807, 2.05) is 53.1 Å².